The van der Waals surface area contributed by atoms with Crippen LogP contribution in [0, 0.1) is 5.92 Å². The van der Waals surface area contributed by atoms with Gasteiger partial charge in [0.1, 0.15) is 0 Å². The molecule has 0 amide bonds. The van der Waals surface area contributed by atoms with E-state index in [0.29, 0.717) is 6.42 Å². The van der Waals surface area contributed by atoms with Gasteiger partial charge in [-0.2, -0.15) is 5.06 Å². The molecule has 0 rings (SSSR count). The summed E-state index contributed by atoms with van der Waals surface area (Å²) in [5, 5.41) is 10.8. The van der Waals surface area contributed by atoms with Crippen LogP contribution in [0.25, 0.3) is 0 Å². The lowest BCUT2D eigenvalue weighted by Crippen LogP contribution is -2.44. The van der Waals surface area contributed by atoms with Gasteiger partial charge in [0.25, 0.3) is 0 Å². The number of Topliss-reactive ketones (excluding diaryl/α,β-unsaturated/α-hetero) is 1. The maximum Gasteiger partial charge on any atom is 0.154 e. The third-order valence-corrected chi connectivity index (χ3v) is 2.13. The van der Waals surface area contributed by atoms with Gasteiger partial charge in [-0.05, 0) is 20.3 Å². The molecule has 0 aromatic heterocycles. The number of hydroxylamine groups is 2. The van der Waals surface area contributed by atoms with Crippen LogP contribution in [-0.4, -0.2) is 28.1 Å². The molecule has 1 unspecified atom stereocenters. The second-order valence-electron chi connectivity index (χ2n) is 3.95. The highest BCUT2D eigenvalue weighted by molar-refractivity contribution is 5.85. The van der Waals surface area contributed by atoms with Gasteiger partial charge in [0.15, 0.2) is 5.78 Å². The Hall–Kier alpha value is -0.410. The maximum absolute atomic E-state index is 11.6. The number of carbonyl (C=O) groups excluding carboxylic acids is 1. The van der Waals surface area contributed by atoms with Crippen LogP contribution in [0.15, 0.2) is 0 Å². The van der Waals surface area contributed by atoms with E-state index in [0.717, 1.165) is 5.06 Å². The summed E-state index contributed by atoms with van der Waals surface area (Å²) < 4.78 is 0. The van der Waals surface area contributed by atoms with Crippen molar-refractivity contribution in [2.24, 2.45) is 5.92 Å². The molecule has 3 nitrogen and oxygen atoms in total. The minimum atomic E-state index is -0.347. The van der Waals surface area contributed by atoms with Crippen molar-refractivity contribution < 1.29 is 10.0 Å². The molecule has 1 N–H and O–H groups in total. The zero-order valence-corrected chi connectivity index (χ0v) is 9.24. The summed E-state index contributed by atoms with van der Waals surface area (Å²) in [6, 6.07) is -0.354. The summed E-state index contributed by atoms with van der Waals surface area (Å²) in [7, 11) is 0. The minimum Gasteiger partial charge on any atom is -0.313 e. The second-order valence-corrected chi connectivity index (χ2v) is 3.95. The van der Waals surface area contributed by atoms with Crippen LogP contribution in [0.2, 0.25) is 0 Å². The van der Waals surface area contributed by atoms with Gasteiger partial charge in [-0.15, -0.1) is 0 Å². The third-order valence-electron chi connectivity index (χ3n) is 2.13. The molecular weight excluding hydrogens is 166 g/mol. The van der Waals surface area contributed by atoms with Gasteiger partial charge in [0.05, 0.1) is 6.04 Å². The van der Waals surface area contributed by atoms with Crippen LogP contribution >= 0.6 is 0 Å². The first kappa shape index (κ1) is 12.6. The maximum atomic E-state index is 11.6. The summed E-state index contributed by atoms with van der Waals surface area (Å²) in [6.07, 6.45) is 0.658. The lowest BCUT2D eigenvalue weighted by molar-refractivity contribution is -0.168. The number of carbonyl (C=O) groups is 1. The number of rotatable bonds is 5. The normalized spacial score (nSPS) is 14.2. The molecule has 0 spiro atoms. The van der Waals surface area contributed by atoms with E-state index in [1.807, 2.05) is 34.6 Å². The van der Waals surface area contributed by atoms with Gasteiger partial charge >= 0.3 is 0 Å². The van der Waals surface area contributed by atoms with Gasteiger partial charge in [-0.1, -0.05) is 20.8 Å². The van der Waals surface area contributed by atoms with Crippen molar-refractivity contribution in [1.29, 1.82) is 0 Å². The Labute approximate surface area is 80.7 Å². The van der Waals surface area contributed by atoms with Crippen molar-refractivity contribution in [3.63, 3.8) is 0 Å². The summed E-state index contributed by atoms with van der Waals surface area (Å²) >= 11 is 0. The molecule has 0 saturated heterocycles. The second kappa shape index (κ2) is 5.35. The standard InChI is InChI=1S/C10H21NO2/c1-6-9(10(12)7(2)3)11(13)8(4)5/h7-9,13H,6H2,1-5H3. The van der Waals surface area contributed by atoms with Gasteiger partial charge in [0, 0.05) is 12.0 Å². The average Bonchev–Trinajstić information content (AvgIpc) is 2.04. The average molecular weight is 187 g/mol. The molecule has 1 atom stereocenters. The topological polar surface area (TPSA) is 40.5 Å². The van der Waals surface area contributed by atoms with E-state index in [9.17, 15) is 10.0 Å². The molecule has 0 aliphatic heterocycles. The van der Waals surface area contributed by atoms with Gasteiger partial charge in [-0.25, -0.2) is 0 Å². The van der Waals surface area contributed by atoms with Crippen molar-refractivity contribution in [2.75, 3.05) is 0 Å². The predicted molar refractivity (Wildman–Crippen MR) is 52.7 cm³/mol. The Bertz CT molecular complexity index is 166. The molecule has 0 aliphatic carbocycles. The van der Waals surface area contributed by atoms with E-state index in [1.54, 1.807) is 0 Å². The van der Waals surface area contributed by atoms with E-state index in [4.69, 9.17) is 0 Å². The van der Waals surface area contributed by atoms with Crippen molar-refractivity contribution in [3.8, 4) is 0 Å². The predicted octanol–water partition coefficient (Wildman–Crippen LogP) is 2.09. The first-order valence-electron chi connectivity index (χ1n) is 4.92. The smallest absolute Gasteiger partial charge is 0.154 e. The molecule has 78 valence electrons. The van der Waals surface area contributed by atoms with Crippen molar-refractivity contribution in [2.45, 2.75) is 53.1 Å². The summed E-state index contributed by atoms with van der Waals surface area (Å²) in [5.41, 5.74) is 0. The Morgan fingerprint density at radius 3 is 2.00 bits per heavy atom. The zero-order chi connectivity index (χ0) is 10.6. The van der Waals surface area contributed by atoms with Crippen LogP contribution in [-0.2, 0) is 4.79 Å². The molecule has 0 radical (unpaired) electrons. The van der Waals surface area contributed by atoms with Crippen LogP contribution in [0.5, 0.6) is 0 Å². The van der Waals surface area contributed by atoms with Crippen LogP contribution < -0.4 is 0 Å². The highest BCUT2D eigenvalue weighted by atomic mass is 16.5. The van der Waals surface area contributed by atoms with Gasteiger partial charge in [-0.3, -0.25) is 4.79 Å². The van der Waals surface area contributed by atoms with Crippen molar-refractivity contribution >= 4 is 5.78 Å². The summed E-state index contributed by atoms with van der Waals surface area (Å²) in [5.74, 6) is 0.0945. The first-order chi connectivity index (χ1) is 5.91. The Morgan fingerprint density at radius 2 is 1.77 bits per heavy atom. The highest BCUT2D eigenvalue weighted by Crippen LogP contribution is 2.11. The summed E-state index contributed by atoms with van der Waals surface area (Å²) in [4.78, 5) is 11.6. The van der Waals surface area contributed by atoms with Crippen LogP contribution in [0.4, 0.5) is 0 Å². The number of nitrogens with zero attached hydrogens (tertiary/aromatic N) is 1. The summed E-state index contributed by atoms with van der Waals surface area (Å²) in [6.45, 7) is 9.38. The molecule has 0 aromatic rings. The first-order valence-corrected chi connectivity index (χ1v) is 4.92. The SMILES string of the molecule is CCC(C(=O)C(C)C)N(O)C(C)C. The largest absolute Gasteiger partial charge is 0.313 e. The van der Waals surface area contributed by atoms with Crippen LogP contribution in [0.1, 0.15) is 41.0 Å². The van der Waals surface area contributed by atoms with E-state index < -0.39 is 0 Å². The molecular formula is C10H21NO2. The Kier molecular flexibility index (Phi) is 5.18. The monoisotopic (exact) mass is 187 g/mol. The molecule has 0 heterocycles. The number of hydrogen-bond acceptors (Lipinski definition) is 3. The minimum absolute atomic E-state index is 0.00681. The lowest BCUT2D eigenvalue weighted by Gasteiger charge is -2.28. The fraction of sp³-hybridized carbons (Fsp3) is 0.900. The van der Waals surface area contributed by atoms with Crippen molar-refractivity contribution in [3.05, 3.63) is 0 Å². The fourth-order valence-corrected chi connectivity index (χ4v) is 1.26. The molecule has 0 bridgehead atoms. The van der Waals surface area contributed by atoms with Gasteiger partial charge < -0.3 is 5.21 Å². The van der Waals surface area contributed by atoms with Crippen LogP contribution in [0.3, 0.4) is 0 Å². The molecule has 0 aromatic carbocycles. The molecule has 13 heavy (non-hydrogen) atoms. The quantitative estimate of drug-likeness (QED) is 0.670. The number of hydrogen-bond donors (Lipinski definition) is 1. The van der Waals surface area contributed by atoms with E-state index in [-0.39, 0.29) is 23.8 Å². The van der Waals surface area contributed by atoms with Crippen molar-refractivity contribution in [1.82, 2.24) is 5.06 Å². The molecule has 0 saturated carbocycles. The zero-order valence-electron chi connectivity index (χ0n) is 9.24. The number of ketones is 1. The van der Waals surface area contributed by atoms with E-state index >= 15 is 0 Å². The highest BCUT2D eigenvalue weighted by Gasteiger charge is 2.26. The third kappa shape index (κ3) is 3.44. The Morgan fingerprint density at radius 1 is 1.31 bits per heavy atom. The lowest BCUT2D eigenvalue weighted by atomic mass is 9.99. The van der Waals surface area contributed by atoms with E-state index in [1.165, 1.54) is 0 Å². The molecule has 3 heteroatoms. The fourth-order valence-electron chi connectivity index (χ4n) is 1.26. The Balaban J connectivity index is 4.41. The van der Waals surface area contributed by atoms with Gasteiger partial charge in [0.2, 0.25) is 0 Å². The molecule has 0 fully saturated rings. The van der Waals surface area contributed by atoms with E-state index in [2.05, 4.69) is 0 Å². The molecule has 0 aliphatic rings.